The molecule has 64 valence electrons. The van der Waals surface area contributed by atoms with Crippen LogP contribution >= 0.6 is 11.6 Å². The summed E-state index contributed by atoms with van der Waals surface area (Å²) in [6.45, 7) is 0. The first-order valence-electron chi connectivity index (χ1n) is 3.46. The molecule has 1 aliphatic heterocycles. The molecule has 0 aliphatic carbocycles. The summed E-state index contributed by atoms with van der Waals surface area (Å²) < 4.78 is 5.14. The summed E-state index contributed by atoms with van der Waals surface area (Å²) in [4.78, 5) is 10.2. The molecule has 2 radical (unpaired) electrons. The van der Waals surface area contributed by atoms with E-state index in [2.05, 4.69) is 3.21 Å². The van der Waals surface area contributed by atoms with E-state index in [1.165, 1.54) is 0 Å². The fourth-order valence-electron chi connectivity index (χ4n) is 1.16. The van der Waals surface area contributed by atoms with E-state index in [0.717, 1.165) is 3.58 Å². The van der Waals surface area contributed by atoms with Crippen molar-refractivity contribution in [1.29, 1.82) is 0 Å². The van der Waals surface area contributed by atoms with Gasteiger partial charge in [-0.25, -0.2) is 0 Å². The Kier molecular flexibility index (Phi) is 2.25. The molecule has 13 heavy (non-hydrogen) atoms. The predicted octanol–water partition coefficient (Wildman–Crippen LogP) is 0.925. The summed E-state index contributed by atoms with van der Waals surface area (Å²) in [7, 11) is 0. The molecule has 0 saturated heterocycles. The maximum atomic E-state index is 10.7. The van der Waals surface area contributed by atoms with Crippen LogP contribution in [0.4, 0.5) is 5.69 Å². The summed E-state index contributed by atoms with van der Waals surface area (Å²) in [5.74, 6) is 0. The van der Waals surface area contributed by atoms with Crippen LogP contribution in [0.15, 0.2) is 15.3 Å². The van der Waals surface area contributed by atoms with Crippen LogP contribution < -0.4 is 3.58 Å². The van der Waals surface area contributed by atoms with E-state index in [9.17, 15) is 10.1 Å². The first kappa shape index (κ1) is 8.95. The van der Waals surface area contributed by atoms with Gasteiger partial charge in [0.2, 0.25) is 0 Å². The molecular formula is C7H3ClN2O2Sn. The summed E-state index contributed by atoms with van der Waals surface area (Å²) in [5.41, 5.74) is 0.616. The van der Waals surface area contributed by atoms with E-state index in [1.807, 2.05) is 6.07 Å². The number of hydrogen-bond acceptors (Lipinski definition) is 3. The van der Waals surface area contributed by atoms with Crippen LogP contribution in [0.3, 0.4) is 0 Å². The molecule has 0 bridgehead atoms. The van der Waals surface area contributed by atoms with Crippen LogP contribution in [0.5, 0.6) is 0 Å². The second kappa shape index (κ2) is 3.26. The third kappa shape index (κ3) is 1.44. The van der Waals surface area contributed by atoms with Crippen molar-refractivity contribution in [3.05, 3.63) is 32.8 Å². The SMILES string of the molecule is O=[N+]([O-])c1c(Cl)cc[c]2c1C=[N][Sn]2. The molecule has 1 heterocycles. The van der Waals surface area contributed by atoms with Crippen molar-refractivity contribution in [3.63, 3.8) is 0 Å². The quantitative estimate of drug-likeness (QED) is 0.440. The Morgan fingerprint density at radius 3 is 3.00 bits per heavy atom. The van der Waals surface area contributed by atoms with Gasteiger partial charge in [0.25, 0.3) is 0 Å². The number of rotatable bonds is 1. The van der Waals surface area contributed by atoms with Gasteiger partial charge in [-0.1, -0.05) is 0 Å². The number of nitro benzene ring substituents is 1. The second-order valence-electron chi connectivity index (χ2n) is 2.48. The molecule has 0 fully saturated rings. The molecule has 2 rings (SSSR count). The Bertz CT molecular complexity index is 419. The molecule has 0 unspecified atom stereocenters. The van der Waals surface area contributed by atoms with Crippen LogP contribution in [0.2, 0.25) is 5.02 Å². The molecule has 1 aromatic rings. The Hall–Kier alpha value is -0.621. The topological polar surface area (TPSA) is 55.5 Å². The first-order valence-corrected chi connectivity index (χ1v) is 6.54. The van der Waals surface area contributed by atoms with Crippen molar-refractivity contribution in [3.8, 4) is 0 Å². The third-order valence-corrected chi connectivity index (χ3v) is 4.70. The Morgan fingerprint density at radius 2 is 2.31 bits per heavy atom. The number of hydrogen-bond donors (Lipinski definition) is 0. The fraction of sp³-hybridized carbons (Fsp3) is 0. The molecule has 1 aliphatic rings. The average molecular weight is 301 g/mol. The number of nitrogens with zero attached hydrogens (tertiary/aromatic N) is 2. The average Bonchev–Trinajstić information content (AvgIpc) is 2.50. The second-order valence-corrected chi connectivity index (χ2v) is 5.80. The van der Waals surface area contributed by atoms with Gasteiger partial charge in [-0.3, -0.25) is 0 Å². The Balaban J connectivity index is 2.71. The van der Waals surface area contributed by atoms with Crippen LogP contribution in [0, 0.1) is 10.1 Å². The monoisotopic (exact) mass is 302 g/mol. The van der Waals surface area contributed by atoms with E-state index < -0.39 is 26.3 Å². The predicted molar refractivity (Wildman–Crippen MR) is 51.1 cm³/mol. The van der Waals surface area contributed by atoms with Gasteiger partial charge in [0.15, 0.2) is 0 Å². The number of benzene rings is 1. The molecule has 4 nitrogen and oxygen atoms in total. The third-order valence-electron chi connectivity index (χ3n) is 1.73. The zero-order valence-electron chi connectivity index (χ0n) is 6.32. The van der Waals surface area contributed by atoms with Crippen molar-refractivity contribution in [2.45, 2.75) is 0 Å². The van der Waals surface area contributed by atoms with Crippen molar-refractivity contribution in [1.82, 2.24) is 0 Å². The maximum absolute atomic E-state index is 10.7. The summed E-state index contributed by atoms with van der Waals surface area (Å²) in [5, 5.41) is 10.9. The van der Waals surface area contributed by atoms with Crippen molar-refractivity contribution < 1.29 is 4.92 Å². The molecule has 0 amide bonds. The van der Waals surface area contributed by atoms with Gasteiger partial charge in [-0.05, 0) is 0 Å². The van der Waals surface area contributed by atoms with Gasteiger partial charge in [0.1, 0.15) is 0 Å². The summed E-state index contributed by atoms with van der Waals surface area (Å²) in [6, 6.07) is 3.41. The van der Waals surface area contributed by atoms with Gasteiger partial charge in [0.05, 0.1) is 0 Å². The Labute approximate surface area is 89.3 Å². The van der Waals surface area contributed by atoms with Gasteiger partial charge < -0.3 is 0 Å². The molecule has 0 saturated carbocycles. The van der Waals surface area contributed by atoms with Crippen molar-refractivity contribution in [2.24, 2.45) is 3.21 Å². The molecule has 0 atom stereocenters. The van der Waals surface area contributed by atoms with E-state index >= 15 is 0 Å². The molecule has 0 aromatic heterocycles. The van der Waals surface area contributed by atoms with E-state index in [0.29, 0.717) is 5.56 Å². The fourth-order valence-corrected chi connectivity index (χ4v) is 3.66. The van der Waals surface area contributed by atoms with Crippen molar-refractivity contribution >= 4 is 48.5 Å². The van der Waals surface area contributed by atoms with Crippen LogP contribution in [-0.2, 0) is 0 Å². The zero-order valence-corrected chi connectivity index (χ0v) is 9.93. The van der Waals surface area contributed by atoms with Crippen LogP contribution in [0.25, 0.3) is 0 Å². The molecular weight excluding hydrogens is 298 g/mol. The van der Waals surface area contributed by atoms with E-state index in [-0.39, 0.29) is 10.7 Å². The van der Waals surface area contributed by atoms with Crippen molar-refractivity contribution in [2.75, 3.05) is 0 Å². The standard InChI is InChI=1S/C7H3ClN2O2.Sn/c8-6-3-1-2-5(4-9)7(6)10(11)12;/h1,3-4H;/q-1;+1. The molecule has 6 heteroatoms. The summed E-state index contributed by atoms with van der Waals surface area (Å²) in [6.07, 6.45) is 1.57. The molecule has 0 N–H and O–H groups in total. The minimum atomic E-state index is -0.935. The number of nitro groups is 1. The zero-order chi connectivity index (χ0) is 9.42. The minimum absolute atomic E-state index is 0.00122. The van der Waals surface area contributed by atoms with Gasteiger partial charge in [-0.15, -0.1) is 0 Å². The van der Waals surface area contributed by atoms with Gasteiger partial charge in [-0.2, -0.15) is 0 Å². The molecule has 0 spiro atoms. The van der Waals surface area contributed by atoms with Crippen LogP contribution in [0.1, 0.15) is 5.56 Å². The van der Waals surface area contributed by atoms with Gasteiger partial charge in [0, 0.05) is 0 Å². The molecule has 1 aromatic carbocycles. The van der Waals surface area contributed by atoms with E-state index in [4.69, 9.17) is 11.6 Å². The normalized spacial score (nSPS) is 13.0. The van der Waals surface area contributed by atoms with Gasteiger partial charge >= 0.3 is 89.5 Å². The number of halogens is 1. The number of fused-ring (bicyclic) bond motifs is 1. The summed E-state index contributed by atoms with van der Waals surface area (Å²) >= 11 is 4.78. The van der Waals surface area contributed by atoms with Crippen LogP contribution in [-0.4, -0.2) is 32.6 Å². The first-order chi connectivity index (χ1) is 6.20. The van der Waals surface area contributed by atoms with E-state index in [1.54, 1.807) is 12.3 Å². The Morgan fingerprint density at radius 1 is 1.54 bits per heavy atom.